The van der Waals surface area contributed by atoms with Crippen molar-refractivity contribution in [2.24, 2.45) is 0 Å². The molecule has 16 heavy (non-hydrogen) atoms. The van der Waals surface area contributed by atoms with Gasteiger partial charge in [0.2, 0.25) is 0 Å². The third-order valence-corrected chi connectivity index (χ3v) is 3.33. The molecule has 1 aromatic heterocycles. The quantitative estimate of drug-likeness (QED) is 0.855. The average Bonchev–Trinajstić information content (AvgIpc) is 2.83. The number of thiazole rings is 1. The first-order valence-corrected chi connectivity index (χ1v) is 6.02. The number of benzene rings is 1. The van der Waals surface area contributed by atoms with Gasteiger partial charge in [0, 0.05) is 16.8 Å². The Balaban J connectivity index is 2.08. The molecule has 84 valence electrons. The van der Waals surface area contributed by atoms with Gasteiger partial charge in [-0.3, -0.25) is 4.98 Å². The zero-order chi connectivity index (χ0) is 11.4. The fourth-order valence-electron chi connectivity index (χ4n) is 1.52. The lowest BCUT2D eigenvalue weighted by molar-refractivity contribution is 0.282. The zero-order valence-corrected chi connectivity index (χ0v) is 9.87. The van der Waals surface area contributed by atoms with Crippen LogP contribution in [0.5, 0.6) is 0 Å². The van der Waals surface area contributed by atoms with Crippen LogP contribution in [0.3, 0.4) is 0 Å². The molecule has 0 saturated carbocycles. The van der Waals surface area contributed by atoms with Crippen LogP contribution in [0.15, 0.2) is 36.0 Å². The molecule has 0 aliphatic rings. The minimum Gasteiger partial charge on any atom is -0.392 e. The van der Waals surface area contributed by atoms with Crippen LogP contribution in [0.2, 0.25) is 0 Å². The highest BCUT2D eigenvalue weighted by Gasteiger charge is 2.06. The lowest BCUT2D eigenvalue weighted by Crippen LogP contribution is -2.05. The topological polar surface area (TPSA) is 45.1 Å². The Hall–Kier alpha value is -1.39. The van der Waals surface area contributed by atoms with Crippen LogP contribution in [-0.2, 0) is 6.61 Å². The van der Waals surface area contributed by atoms with Crippen LogP contribution in [0.25, 0.3) is 0 Å². The number of nitrogens with zero attached hydrogens (tertiary/aromatic N) is 1. The highest BCUT2D eigenvalue weighted by molar-refractivity contribution is 7.09. The number of aromatic nitrogens is 1. The molecule has 4 heteroatoms. The first kappa shape index (κ1) is 11.1. The van der Waals surface area contributed by atoms with Gasteiger partial charge in [0.25, 0.3) is 0 Å². The zero-order valence-electron chi connectivity index (χ0n) is 9.05. The fourth-order valence-corrected chi connectivity index (χ4v) is 2.15. The maximum absolute atomic E-state index is 9.04. The molecule has 0 spiro atoms. The van der Waals surface area contributed by atoms with Crippen LogP contribution >= 0.6 is 11.3 Å². The minimum atomic E-state index is 0.0739. The third-order valence-electron chi connectivity index (χ3n) is 2.37. The molecular weight excluding hydrogens is 220 g/mol. The predicted octanol–water partition coefficient (Wildman–Crippen LogP) is 2.81. The summed E-state index contributed by atoms with van der Waals surface area (Å²) in [4.78, 5) is 5.26. The largest absolute Gasteiger partial charge is 0.392 e. The van der Waals surface area contributed by atoms with Crippen molar-refractivity contribution in [3.8, 4) is 0 Å². The fraction of sp³-hybridized carbons (Fsp3) is 0.250. The van der Waals surface area contributed by atoms with Gasteiger partial charge in [0.05, 0.1) is 18.2 Å². The smallest absolute Gasteiger partial charge is 0.0795 e. The summed E-state index contributed by atoms with van der Waals surface area (Å²) in [7, 11) is 0. The molecule has 2 N–H and O–H groups in total. The number of nitrogens with one attached hydrogen (secondary N) is 1. The van der Waals surface area contributed by atoms with Crippen molar-refractivity contribution >= 4 is 17.0 Å². The van der Waals surface area contributed by atoms with E-state index >= 15 is 0 Å². The highest BCUT2D eigenvalue weighted by Crippen LogP contribution is 2.22. The van der Waals surface area contributed by atoms with E-state index in [9.17, 15) is 0 Å². The van der Waals surface area contributed by atoms with Crippen LogP contribution in [0, 0.1) is 0 Å². The van der Waals surface area contributed by atoms with Crippen LogP contribution < -0.4 is 5.32 Å². The van der Waals surface area contributed by atoms with Gasteiger partial charge in [0.15, 0.2) is 0 Å². The summed E-state index contributed by atoms with van der Waals surface area (Å²) in [6.07, 6.45) is 1.87. The molecule has 0 fully saturated rings. The summed E-state index contributed by atoms with van der Waals surface area (Å²) in [6.45, 7) is 2.17. The molecule has 1 aromatic carbocycles. The van der Waals surface area contributed by atoms with Gasteiger partial charge in [-0.05, 0) is 24.6 Å². The molecular formula is C12H14N2OS. The van der Waals surface area contributed by atoms with Crippen molar-refractivity contribution < 1.29 is 5.11 Å². The number of hydrogen-bond donors (Lipinski definition) is 2. The van der Waals surface area contributed by atoms with E-state index in [4.69, 9.17) is 5.11 Å². The molecule has 0 radical (unpaired) electrons. The minimum absolute atomic E-state index is 0.0739. The Kier molecular flexibility index (Phi) is 3.54. The first-order valence-electron chi connectivity index (χ1n) is 5.14. The second-order valence-electron chi connectivity index (χ2n) is 3.63. The maximum Gasteiger partial charge on any atom is 0.0795 e. The molecule has 2 rings (SSSR count). The molecule has 0 saturated heterocycles. The van der Waals surface area contributed by atoms with Crippen molar-refractivity contribution in [1.82, 2.24) is 4.98 Å². The molecule has 1 unspecified atom stereocenters. The monoisotopic (exact) mass is 234 g/mol. The van der Waals surface area contributed by atoms with Gasteiger partial charge in [-0.25, -0.2) is 0 Å². The summed E-state index contributed by atoms with van der Waals surface area (Å²) in [5.41, 5.74) is 3.77. The Bertz CT molecular complexity index is 442. The Labute approximate surface area is 98.8 Å². The van der Waals surface area contributed by atoms with Gasteiger partial charge in [0.1, 0.15) is 0 Å². The van der Waals surface area contributed by atoms with E-state index in [-0.39, 0.29) is 12.6 Å². The number of aliphatic hydroxyl groups is 1. The van der Waals surface area contributed by atoms with Gasteiger partial charge >= 0.3 is 0 Å². The molecule has 0 aliphatic carbocycles. The summed E-state index contributed by atoms with van der Waals surface area (Å²) >= 11 is 1.64. The standard InChI is InChI=1S/C12H14N2OS/c1-9(12-6-13-8-16-12)14-11-4-2-3-10(5-11)7-15/h2-6,8-9,14-15H,7H2,1H3. The molecule has 1 atom stereocenters. The maximum atomic E-state index is 9.04. The van der Waals surface area contributed by atoms with Gasteiger partial charge in [-0.2, -0.15) is 0 Å². The van der Waals surface area contributed by atoms with Crippen molar-refractivity contribution in [2.45, 2.75) is 19.6 Å². The number of anilines is 1. The van der Waals surface area contributed by atoms with Crippen molar-refractivity contribution in [2.75, 3.05) is 5.32 Å². The lowest BCUT2D eigenvalue weighted by Gasteiger charge is -2.13. The van der Waals surface area contributed by atoms with Crippen molar-refractivity contribution in [3.63, 3.8) is 0 Å². The molecule has 3 nitrogen and oxygen atoms in total. The number of hydrogen-bond acceptors (Lipinski definition) is 4. The molecule has 0 bridgehead atoms. The van der Waals surface area contributed by atoms with Gasteiger partial charge in [-0.15, -0.1) is 11.3 Å². The molecule has 1 heterocycles. The Morgan fingerprint density at radius 1 is 1.50 bits per heavy atom. The number of aliphatic hydroxyl groups excluding tert-OH is 1. The first-order chi connectivity index (χ1) is 7.79. The van der Waals surface area contributed by atoms with Crippen LogP contribution in [-0.4, -0.2) is 10.1 Å². The van der Waals surface area contributed by atoms with Crippen LogP contribution in [0.4, 0.5) is 5.69 Å². The van der Waals surface area contributed by atoms with Gasteiger partial charge in [-0.1, -0.05) is 12.1 Å². The van der Waals surface area contributed by atoms with Crippen molar-refractivity contribution in [3.05, 3.63) is 46.4 Å². The lowest BCUT2D eigenvalue weighted by atomic mass is 10.2. The van der Waals surface area contributed by atoms with E-state index in [1.54, 1.807) is 11.3 Å². The van der Waals surface area contributed by atoms with E-state index in [0.717, 1.165) is 11.3 Å². The number of rotatable bonds is 4. The summed E-state index contributed by atoms with van der Waals surface area (Å²) in [5.74, 6) is 0. The molecule has 0 amide bonds. The van der Waals surface area contributed by atoms with E-state index in [2.05, 4.69) is 17.2 Å². The normalized spacial score (nSPS) is 12.4. The molecule has 2 aromatic rings. The summed E-state index contributed by atoms with van der Waals surface area (Å²) in [5, 5.41) is 12.4. The Morgan fingerprint density at radius 2 is 2.38 bits per heavy atom. The van der Waals surface area contributed by atoms with Gasteiger partial charge < -0.3 is 10.4 Å². The summed E-state index contributed by atoms with van der Waals surface area (Å²) < 4.78 is 0. The van der Waals surface area contributed by atoms with E-state index in [1.807, 2.05) is 36.0 Å². The second-order valence-corrected chi connectivity index (χ2v) is 4.55. The Morgan fingerprint density at radius 3 is 3.06 bits per heavy atom. The van der Waals surface area contributed by atoms with E-state index in [1.165, 1.54) is 4.88 Å². The SMILES string of the molecule is CC(Nc1cccc(CO)c1)c1cncs1. The predicted molar refractivity (Wildman–Crippen MR) is 66.5 cm³/mol. The molecule has 0 aliphatic heterocycles. The second kappa shape index (κ2) is 5.09. The van der Waals surface area contributed by atoms with E-state index in [0.29, 0.717) is 0 Å². The average molecular weight is 234 g/mol. The highest BCUT2D eigenvalue weighted by atomic mass is 32.1. The van der Waals surface area contributed by atoms with Crippen LogP contribution in [0.1, 0.15) is 23.4 Å². The third kappa shape index (κ3) is 2.59. The van der Waals surface area contributed by atoms with E-state index < -0.39 is 0 Å². The van der Waals surface area contributed by atoms with Crippen molar-refractivity contribution in [1.29, 1.82) is 0 Å². The summed E-state index contributed by atoms with van der Waals surface area (Å²) in [6, 6.07) is 8.03.